The second kappa shape index (κ2) is 8.11. The molecule has 0 aromatic heterocycles. The zero-order valence-corrected chi connectivity index (χ0v) is 14.3. The van der Waals surface area contributed by atoms with Gasteiger partial charge in [0.05, 0.1) is 7.11 Å². The van der Waals surface area contributed by atoms with E-state index in [1.807, 2.05) is 17.8 Å². The number of ether oxygens (including phenoxy) is 2. The summed E-state index contributed by atoms with van der Waals surface area (Å²) < 4.78 is 12.0. The number of methoxy groups -OCH3 is 1. The number of hydrogen-bond acceptors (Lipinski definition) is 4. The highest BCUT2D eigenvalue weighted by Crippen LogP contribution is 2.36. The number of benzene rings is 1. The van der Waals surface area contributed by atoms with Crippen molar-refractivity contribution in [1.82, 2.24) is 5.32 Å². The predicted octanol–water partition coefficient (Wildman–Crippen LogP) is 3.51. The molecular weight excluding hydrogens is 294 g/mol. The van der Waals surface area contributed by atoms with Gasteiger partial charge in [-0.3, -0.25) is 0 Å². The highest BCUT2D eigenvalue weighted by atomic mass is 32.2. The third-order valence-electron chi connectivity index (χ3n) is 4.70. The number of thioether (sulfide) groups is 1. The summed E-state index contributed by atoms with van der Waals surface area (Å²) in [6.45, 7) is 2.29. The first-order valence-corrected chi connectivity index (χ1v) is 9.63. The van der Waals surface area contributed by atoms with Crippen LogP contribution in [0, 0.1) is 5.92 Å². The molecule has 0 amide bonds. The van der Waals surface area contributed by atoms with E-state index in [4.69, 9.17) is 9.47 Å². The molecule has 122 valence electrons. The van der Waals surface area contributed by atoms with E-state index in [-0.39, 0.29) is 0 Å². The molecule has 2 saturated heterocycles. The summed E-state index contributed by atoms with van der Waals surface area (Å²) in [5.74, 6) is 5.08. The zero-order chi connectivity index (χ0) is 15.2. The summed E-state index contributed by atoms with van der Waals surface area (Å²) in [6, 6.07) is 6.34. The van der Waals surface area contributed by atoms with Gasteiger partial charge in [0.15, 0.2) is 11.5 Å². The van der Waals surface area contributed by atoms with E-state index in [0.29, 0.717) is 6.10 Å². The lowest BCUT2D eigenvalue weighted by Gasteiger charge is -2.27. The molecule has 3 rings (SSSR count). The molecule has 22 heavy (non-hydrogen) atoms. The molecule has 0 bridgehead atoms. The van der Waals surface area contributed by atoms with Gasteiger partial charge in [-0.05, 0) is 74.2 Å². The van der Waals surface area contributed by atoms with Crippen LogP contribution < -0.4 is 14.8 Å². The first-order valence-electron chi connectivity index (χ1n) is 8.48. The van der Waals surface area contributed by atoms with Gasteiger partial charge < -0.3 is 14.8 Å². The average Bonchev–Trinajstić information content (AvgIpc) is 2.58. The van der Waals surface area contributed by atoms with Gasteiger partial charge in [-0.1, -0.05) is 12.1 Å². The van der Waals surface area contributed by atoms with Crippen LogP contribution in [0.5, 0.6) is 11.5 Å². The van der Waals surface area contributed by atoms with Gasteiger partial charge in [0.2, 0.25) is 0 Å². The molecule has 1 N–H and O–H groups in total. The lowest BCUT2D eigenvalue weighted by atomic mass is 9.90. The lowest BCUT2D eigenvalue weighted by Crippen LogP contribution is -2.29. The van der Waals surface area contributed by atoms with Crippen LogP contribution >= 0.6 is 11.8 Å². The SMILES string of the molecule is COc1cccc(CC2CCNCC2)c1OC1CCSCC1. The minimum atomic E-state index is 0.351. The number of para-hydroxylation sites is 1. The van der Waals surface area contributed by atoms with Crippen molar-refractivity contribution in [2.24, 2.45) is 5.92 Å². The summed E-state index contributed by atoms with van der Waals surface area (Å²) in [5, 5.41) is 3.45. The molecule has 0 unspecified atom stereocenters. The molecule has 4 heteroatoms. The van der Waals surface area contributed by atoms with Crippen LogP contribution in [0.3, 0.4) is 0 Å². The van der Waals surface area contributed by atoms with Crippen molar-refractivity contribution in [3.63, 3.8) is 0 Å². The predicted molar refractivity (Wildman–Crippen MR) is 93.3 cm³/mol. The Labute approximate surface area is 138 Å². The maximum absolute atomic E-state index is 6.40. The van der Waals surface area contributed by atoms with Gasteiger partial charge in [0, 0.05) is 0 Å². The van der Waals surface area contributed by atoms with E-state index < -0.39 is 0 Å². The van der Waals surface area contributed by atoms with Crippen LogP contribution in [0.1, 0.15) is 31.2 Å². The van der Waals surface area contributed by atoms with Crippen molar-refractivity contribution in [1.29, 1.82) is 0 Å². The summed E-state index contributed by atoms with van der Waals surface area (Å²) in [4.78, 5) is 0. The van der Waals surface area contributed by atoms with Crippen molar-refractivity contribution >= 4 is 11.8 Å². The van der Waals surface area contributed by atoms with Crippen LogP contribution in [0.2, 0.25) is 0 Å². The molecule has 1 aromatic carbocycles. The number of piperidine rings is 1. The van der Waals surface area contributed by atoms with Gasteiger partial charge in [0.25, 0.3) is 0 Å². The maximum Gasteiger partial charge on any atom is 0.164 e. The molecule has 3 nitrogen and oxygen atoms in total. The molecule has 1 aromatic rings. The summed E-state index contributed by atoms with van der Waals surface area (Å²) >= 11 is 2.03. The van der Waals surface area contributed by atoms with E-state index in [1.54, 1.807) is 7.11 Å². The first kappa shape index (κ1) is 16.0. The average molecular weight is 321 g/mol. The van der Waals surface area contributed by atoms with Crippen LogP contribution in [-0.4, -0.2) is 37.8 Å². The molecule has 0 radical (unpaired) electrons. The molecular formula is C18H27NO2S. The first-order chi connectivity index (χ1) is 10.9. The number of hydrogen-bond donors (Lipinski definition) is 1. The maximum atomic E-state index is 6.40. The van der Waals surface area contributed by atoms with Gasteiger partial charge in [-0.15, -0.1) is 0 Å². The smallest absolute Gasteiger partial charge is 0.164 e. The minimum absolute atomic E-state index is 0.351. The van der Waals surface area contributed by atoms with Crippen LogP contribution in [0.15, 0.2) is 18.2 Å². The Kier molecular flexibility index (Phi) is 5.90. The van der Waals surface area contributed by atoms with Gasteiger partial charge >= 0.3 is 0 Å². The second-order valence-electron chi connectivity index (χ2n) is 6.28. The topological polar surface area (TPSA) is 30.5 Å². The van der Waals surface area contributed by atoms with E-state index in [1.165, 1.54) is 29.9 Å². The molecule has 0 spiro atoms. The Morgan fingerprint density at radius 1 is 1.14 bits per heavy atom. The molecule has 2 heterocycles. The normalized spacial score (nSPS) is 20.8. The quantitative estimate of drug-likeness (QED) is 0.899. The van der Waals surface area contributed by atoms with Crippen molar-refractivity contribution in [3.8, 4) is 11.5 Å². The molecule has 0 atom stereocenters. The van der Waals surface area contributed by atoms with E-state index in [9.17, 15) is 0 Å². The molecule has 2 fully saturated rings. The molecule has 2 aliphatic heterocycles. The Bertz CT molecular complexity index is 468. The number of rotatable bonds is 5. The van der Waals surface area contributed by atoms with Gasteiger partial charge in [-0.25, -0.2) is 0 Å². The highest BCUT2D eigenvalue weighted by molar-refractivity contribution is 7.99. The summed E-state index contributed by atoms with van der Waals surface area (Å²) in [6.07, 6.45) is 6.28. The van der Waals surface area contributed by atoms with Gasteiger partial charge in [-0.2, -0.15) is 11.8 Å². The Hall–Kier alpha value is -0.870. The van der Waals surface area contributed by atoms with Crippen LogP contribution in [0.4, 0.5) is 0 Å². The highest BCUT2D eigenvalue weighted by Gasteiger charge is 2.22. The van der Waals surface area contributed by atoms with E-state index in [0.717, 1.165) is 49.8 Å². The standard InChI is InChI=1S/C18H27NO2S/c1-20-17-4-2-3-15(13-14-5-9-19-10-6-14)18(17)21-16-7-11-22-12-8-16/h2-4,14,16,19H,5-13H2,1H3. The zero-order valence-electron chi connectivity index (χ0n) is 13.5. The monoisotopic (exact) mass is 321 g/mol. The third-order valence-corrected chi connectivity index (χ3v) is 5.75. The van der Waals surface area contributed by atoms with E-state index in [2.05, 4.69) is 17.4 Å². The Morgan fingerprint density at radius 3 is 2.64 bits per heavy atom. The molecule has 0 aliphatic carbocycles. The van der Waals surface area contributed by atoms with Crippen molar-refractivity contribution in [2.45, 2.75) is 38.2 Å². The van der Waals surface area contributed by atoms with Crippen molar-refractivity contribution in [2.75, 3.05) is 31.7 Å². The third kappa shape index (κ3) is 4.11. The fraction of sp³-hybridized carbons (Fsp3) is 0.667. The summed E-state index contributed by atoms with van der Waals surface area (Å²) in [7, 11) is 1.74. The largest absolute Gasteiger partial charge is 0.493 e. The Balaban J connectivity index is 1.75. The Morgan fingerprint density at radius 2 is 1.91 bits per heavy atom. The molecule has 0 saturated carbocycles. The number of nitrogens with one attached hydrogen (secondary N) is 1. The fourth-order valence-electron chi connectivity index (χ4n) is 3.37. The lowest BCUT2D eigenvalue weighted by molar-refractivity contribution is 0.181. The van der Waals surface area contributed by atoms with Gasteiger partial charge in [0.1, 0.15) is 6.10 Å². The van der Waals surface area contributed by atoms with Crippen LogP contribution in [0.25, 0.3) is 0 Å². The van der Waals surface area contributed by atoms with Crippen molar-refractivity contribution < 1.29 is 9.47 Å². The minimum Gasteiger partial charge on any atom is -0.493 e. The second-order valence-corrected chi connectivity index (χ2v) is 7.50. The molecule has 2 aliphatic rings. The van der Waals surface area contributed by atoms with Crippen molar-refractivity contribution in [3.05, 3.63) is 23.8 Å². The fourth-order valence-corrected chi connectivity index (χ4v) is 4.44. The van der Waals surface area contributed by atoms with Crippen LogP contribution in [-0.2, 0) is 6.42 Å². The van der Waals surface area contributed by atoms with E-state index >= 15 is 0 Å². The summed E-state index contributed by atoms with van der Waals surface area (Å²) in [5.41, 5.74) is 1.32.